The molecule has 2 heterocycles. The summed E-state index contributed by atoms with van der Waals surface area (Å²) < 4.78 is 7.69. The normalized spacial score (nSPS) is 11.7. The number of nitrogens with zero attached hydrogens (tertiary/aromatic N) is 3. The topological polar surface area (TPSA) is 39.9 Å². The number of aryl methyl sites for hydroxylation is 2. The number of fused-ring (bicyclic) bond motifs is 1. The highest BCUT2D eigenvalue weighted by Gasteiger charge is 2.12. The molecule has 0 aliphatic carbocycles. The van der Waals surface area contributed by atoms with Crippen LogP contribution in [0.1, 0.15) is 38.1 Å². The summed E-state index contributed by atoms with van der Waals surface area (Å²) >= 11 is 6.00. The third-order valence-corrected chi connectivity index (χ3v) is 3.50. The molecular weight excluding hydrogens is 274 g/mol. The van der Waals surface area contributed by atoms with Crippen molar-refractivity contribution in [1.29, 1.82) is 0 Å². The van der Waals surface area contributed by atoms with Gasteiger partial charge in [0, 0.05) is 19.3 Å². The molecule has 5 heteroatoms. The van der Waals surface area contributed by atoms with Gasteiger partial charge in [-0.15, -0.1) is 11.6 Å². The summed E-state index contributed by atoms with van der Waals surface area (Å²) in [5, 5.41) is 0. The SMILES string of the molecule is Cc1ccnc2c1nc(CCl)n2CCCCOC(C)C. The Morgan fingerprint density at radius 1 is 1.35 bits per heavy atom. The van der Waals surface area contributed by atoms with Crippen LogP contribution in [0.5, 0.6) is 0 Å². The molecule has 110 valence electrons. The van der Waals surface area contributed by atoms with Crippen LogP contribution in [0.25, 0.3) is 11.2 Å². The Morgan fingerprint density at radius 3 is 2.85 bits per heavy atom. The van der Waals surface area contributed by atoms with Crippen LogP contribution in [0.2, 0.25) is 0 Å². The Labute approximate surface area is 125 Å². The fraction of sp³-hybridized carbons (Fsp3) is 0.600. The Kier molecular flexibility index (Phi) is 5.38. The fourth-order valence-electron chi connectivity index (χ4n) is 2.21. The lowest BCUT2D eigenvalue weighted by atomic mass is 10.2. The summed E-state index contributed by atoms with van der Waals surface area (Å²) in [6.07, 6.45) is 4.20. The lowest BCUT2D eigenvalue weighted by Crippen LogP contribution is -2.07. The zero-order valence-corrected chi connectivity index (χ0v) is 13.2. The number of aromatic nitrogens is 3. The van der Waals surface area contributed by atoms with E-state index in [0.29, 0.717) is 12.0 Å². The van der Waals surface area contributed by atoms with Crippen LogP contribution in [0.15, 0.2) is 12.3 Å². The maximum absolute atomic E-state index is 6.00. The second kappa shape index (κ2) is 7.04. The second-order valence-corrected chi connectivity index (χ2v) is 5.51. The summed E-state index contributed by atoms with van der Waals surface area (Å²) in [7, 11) is 0. The van der Waals surface area contributed by atoms with E-state index in [0.717, 1.165) is 48.5 Å². The highest BCUT2D eigenvalue weighted by molar-refractivity contribution is 6.16. The van der Waals surface area contributed by atoms with Crippen molar-refractivity contribution in [1.82, 2.24) is 14.5 Å². The summed E-state index contributed by atoms with van der Waals surface area (Å²) in [5.74, 6) is 1.31. The van der Waals surface area contributed by atoms with Crippen molar-refractivity contribution in [2.45, 2.75) is 52.1 Å². The van der Waals surface area contributed by atoms with Gasteiger partial charge in [0.25, 0.3) is 0 Å². The van der Waals surface area contributed by atoms with Gasteiger partial charge >= 0.3 is 0 Å². The van der Waals surface area contributed by atoms with E-state index in [2.05, 4.69) is 35.3 Å². The van der Waals surface area contributed by atoms with E-state index < -0.39 is 0 Å². The number of halogens is 1. The average Bonchev–Trinajstić information content (AvgIpc) is 2.78. The third kappa shape index (κ3) is 3.49. The molecule has 0 N–H and O–H groups in total. The quantitative estimate of drug-likeness (QED) is 0.578. The summed E-state index contributed by atoms with van der Waals surface area (Å²) in [4.78, 5) is 9.04. The number of rotatable bonds is 7. The van der Waals surface area contributed by atoms with Crippen LogP contribution in [0, 0.1) is 6.92 Å². The molecule has 0 aliphatic rings. The fourth-order valence-corrected chi connectivity index (χ4v) is 2.42. The van der Waals surface area contributed by atoms with Crippen LogP contribution in [0.3, 0.4) is 0 Å². The van der Waals surface area contributed by atoms with E-state index in [4.69, 9.17) is 16.3 Å². The molecule has 20 heavy (non-hydrogen) atoms. The zero-order chi connectivity index (χ0) is 14.5. The second-order valence-electron chi connectivity index (χ2n) is 5.24. The van der Waals surface area contributed by atoms with Gasteiger partial charge in [0.2, 0.25) is 0 Å². The van der Waals surface area contributed by atoms with Gasteiger partial charge < -0.3 is 9.30 Å². The number of hydrogen-bond donors (Lipinski definition) is 0. The molecule has 4 nitrogen and oxygen atoms in total. The molecule has 0 bridgehead atoms. The van der Waals surface area contributed by atoms with Gasteiger partial charge in [-0.25, -0.2) is 9.97 Å². The zero-order valence-electron chi connectivity index (χ0n) is 12.4. The van der Waals surface area contributed by atoms with Gasteiger partial charge in [0.05, 0.1) is 12.0 Å². The minimum Gasteiger partial charge on any atom is -0.379 e. The van der Waals surface area contributed by atoms with Crippen LogP contribution < -0.4 is 0 Å². The molecule has 2 aromatic heterocycles. The molecule has 0 atom stereocenters. The third-order valence-electron chi connectivity index (χ3n) is 3.26. The average molecular weight is 296 g/mol. The summed E-state index contributed by atoms with van der Waals surface area (Å²) in [6.45, 7) is 7.85. The van der Waals surface area contributed by atoms with Crippen LogP contribution in [-0.4, -0.2) is 27.2 Å². The Morgan fingerprint density at radius 2 is 2.15 bits per heavy atom. The van der Waals surface area contributed by atoms with E-state index in [1.807, 2.05) is 12.3 Å². The Bertz CT molecular complexity index is 565. The van der Waals surface area contributed by atoms with E-state index in [1.54, 1.807) is 0 Å². The van der Waals surface area contributed by atoms with Crippen molar-refractivity contribution < 1.29 is 4.74 Å². The Hall–Kier alpha value is -1.13. The van der Waals surface area contributed by atoms with Crippen molar-refractivity contribution in [3.63, 3.8) is 0 Å². The first kappa shape index (κ1) is 15.3. The van der Waals surface area contributed by atoms with Crippen LogP contribution in [0.4, 0.5) is 0 Å². The molecule has 0 aliphatic heterocycles. The maximum atomic E-state index is 6.00. The predicted octanol–water partition coefficient (Wildman–Crippen LogP) is 3.68. The highest BCUT2D eigenvalue weighted by Crippen LogP contribution is 2.19. The molecule has 0 saturated heterocycles. The molecule has 0 aromatic carbocycles. The van der Waals surface area contributed by atoms with E-state index in [-0.39, 0.29) is 0 Å². The first-order valence-corrected chi connectivity index (χ1v) is 7.65. The lowest BCUT2D eigenvalue weighted by molar-refractivity contribution is 0.0754. The van der Waals surface area contributed by atoms with Crippen molar-refractivity contribution in [2.24, 2.45) is 0 Å². The van der Waals surface area contributed by atoms with E-state index in [1.165, 1.54) is 0 Å². The molecular formula is C15H22ClN3O. The summed E-state index contributed by atoms with van der Waals surface area (Å²) in [5.41, 5.74) is 3.04. The molecule has 2 rings (SSSR count). The maximum Gasteiger partial charge on any atom is 0.160 e. The number of hydrogen-bond acceptors (Lipinski definition) is 3. The number of imidazole rings is 1. The molecule has 2 aromatic rings. The molecule has 0 spiro atoms. The lowest BCUT2D eigenvalue weighted by Gasteiger charge is -2.09. The van der Waals surface area contributed by atoms with Gasteiger partial charge in [-0.05, 0) is 45.2 Å². The smallest absolute Gasteiger partial charge is 0.160 e. The minimum absolute atomic E-state index is 0.298. The number of ether oxygens (including phenoxy) is 1. The van der Waals surface area contributed by atoms with Gasteiger partial charge in [-0.3, -0.25) is 0 Å². The predicted molar refractivity (Wildman–Crippen MR) is 82.1 cm³/mol. The van der Waals surface area contributed by atoms with E-state index >= 15 is 0 Å². The molecule has 0 saturated carbocycles. The van der Waals surface area contributed by atoms with Gasteiger partial charge in [-0.2, -0.15) is 0 Å². The van der Waals surface area contributed by atoms with E-state index in [9.17, 15) is 0 Å². The number of alkyl halides is 1. The van der Waals surface area contributed by atoms with Crippen molar-refractivity contribution in [2.75, 3.05) is 6.61 Å². The largest absolute Gasteiger partial charge is 0.379 e. The minimum atomic E-state index is 0.298. The van der Waals surface area contributed by atoms with Crippen molar-refractivity contribution in [3.05, 3.63) is 23.7 Å². The van der Waals surface area contributed by atoms with Gasteiger partial charge in [0.1, 0.15) is 11.3 Å². The Balaban J connectivity index is 2.07. The monoisotopic (exact) mass is 295 g/mol. The standard InChI is InChI=1S/C15H22ClN3O/c1-11(2)20-9-5-4-8-19-13(10-16)18-14-12(3)6-7-17-15(14)19/h6-7,11H,4-5,8-10H2,1-3H3. The number of pyridine rings is 1. The van der Waals surface area contributed by atoms with Crippen LogP contribution >= 0.6 is 11.6 Å². The van der Waals surface area contributed by atoms with Gasteiger partial charge in [0.15, 0.2) is 5.65 Å². The van der Waals surface area contributed by atoms with Crippen molar-refractivity contribution >= 4 is 22.8 Å². The first-order chi connectivity index (χ1) is 9.63. The first-order valence-electron chi connectivity index (χ1n) is 7.11. The van der Waals surface area contributed by atoms with Crippen molar-refractivity contribution in [3.8, 4) is 0 Å². The molecule has 0 fully saturated rings. The molecule has 0 unspecified atom stereocenters. The molecule has 0 amide bonds. The molecule has 0 radical (unpaired) electrons. The van der Waals surface area contributed by atoms with Gasteiger partial charge in [-0.1, -0.05) is 0 Å². The highest BCUT2D eigenvalue weighted by atomic mass is 35.5. The summed E-state index contributed by atoms with van der Waals surface area (Å²) in [6, 6.07) is 1.98. The van der Waals surface area contributed by atoms with Crippen LogP contribution in [-0.2, 0) is 17.2 Å². The number of unbranched alkanes of at least 4 members (excludes halogenated alkanes) is 1.